The fourth-order valence-corrected chi connectivity index (χ4v) is 2.61. The predicted octanol–water partition coefficient (Wildman–Crippen LogP) is 2.56. The van der Waals surface area contributed by atoms with Crippen molar-refractivity contribution in [1.29, 1.82) is 0 Å². The molecule has 4 N–H and O–H groups in total. The molecule has 0 spiro atoms. The second-order valence-electron chi connectivity index (χ2n) is 3.85. The molecular weight excluding hydrogens is 438 g/mol. The van der Waals surface area contributed by atoms with Crippen molar-refractivity contribution in [3.8, 4) is 0 Å². The van der Waals surface area contributed by atoms with Crippen molar-refractivity contribution in [2.75, 3.05) is 6.16 Å². The average molecular weight is 454 g/mol. The van der Waals surface area contributed by atoms with Crippen LogP contribution in [0, 0.1) is 0 Å². The van der Waals surface area contributed by atoms with E-state index >= 15 is 0 Å². The van der Waals surface area contributed by atoms with Gasteiger partial charge in [-0.05, 0) is 23.1 Å². The summed E-state index contributed by atoms with van der Waals surface area (Å²) in [5, 5.41) is 1.49. The first-order valence-corrected chi connectivity index (χ1v) is 10.7. The van der Waals surface area contributed by atoms with Crippen molar-refractivity contribution in [2.45, 2.75) is 17.1 Å². The Hall–Kier alpha value is 0.480. The molecule has 0 saturated carbocycles. The Morgan fingerprint density at radius 2 is 1.35 bits per heavy atom. The van der Waals surface area contributed by atoms with Crippen LogP contribution in [0.4, 0.5) is 0 Å². The van der Waals surface area contributed by atoms with Crippen LogP contribution in [0.3, 0.4) is 0 Å². The molecule has 0 unspecified atom stereocenters. The average Bonchev–Trinajstić information content (AvgIpc) is 2.34. The number of benzene rings is 1. The number of hydrogen-bond acceptors (Lipinski definition) is 2. The van der Waals surface area contributed by atoms with E-state index in [2.05, 4.69) is 37.9 Å². The van der Waals surface area contributed by atoms with E-state index in [9.17, 15) is 4.57 Å². The molecule has 1 aromatic rings. The van der Waals surface area contributed by atoms with Crippen LogP contribution in [0.2, 0.25) is 0 Å². The first kappa shape index (κ1) is 20.5. The Kier molecular flexibility index (Phi) is 10.5. The summed E-state index contributed by atoms with van der Waals surface area (Å²) in [4.78, 5) is 32.0. The summed E-state index contributed by atoms with van der Waals surface area (Å²) in [5.41, 5.74) is 3.21. The van der Waals surface area contributed by atoms with Gasteiger partial charge in [0.2, 0.25) is 0 Å². The van der Waals surface area contributed by atoms with Crippen LogP contribution in [0.5, 0.6) is 0 Å². The fourth-order valence-electron chi connectivity index (χ4n) is 1.41. The second kappa shape index (κ2) is 10.2. The second-order valence-corrected chi connectivity index (χ2v) is 7.31. The van der Waals surface area contributed by atoms with E-state index < -0.39 is 15.9 Å². The number of aryl methyl sites for hydroxylation is 1. The Bertz CT molecular complexity index is 464. The zero-order valence-corrected chi connectivity index (χ0v) is 15.4. The molecule has 0 saturated heterocycles. The van der Waals surface area contributed by atoms with Gasteiger partial charge in [0.05, 0.1) is 6.16 Å². The minimum atomic E-state index is -3.90. The Labute approximate surface area is 134 Å². The van der Waals surface area contributed by atoms with Gasteiger partial charge in [-0.3, -0.25) is 9.13 Å². The van der Waals surface area contributed by atoms with E-state index in [1.165, 1.54) is 0 Å². The van der Waals surface area contributed by atoms with E-state index in [4.69, 9.17) is 24.1 Å². The van der Waals surface area contributed by atoms with Crippen LogP contribution in [0.1, 0.15) is 16.7 Å². The largest absolute Gasteiger partial charge is 0.326 e. The third-order valence-electron chi connectivity index (χ3n) is 2.11. The smallest absolute Gasteiger partial charge is 0.325 e. The molecule has 0 fully saturated rings. The fraction of sp³-hybridized carbons (Fsp3) is 0.400. The third kappa shape index (κ3) is 11.2. The number of hydrogen-bond donors (Lipinski definition) is 4. The van der Waals surface area contributed by atoms with Crippen LogP contribution in [0.25, 0.3) is 0 Å². The molecule has 10 heteroatoms. The van der Waals surface area contributed by atoms with E-state index in [1.54, 1.807) is 0 Å². The van der Waals surface area contributed by atoms with Crippen molar-refractivity contribution in [1.82, 2.24) is 0 Å². The highest BCUT2D eigenvalue weighted by Gasteiger charge is 2.12. The molecule has 6 nitrogen and oxygen atoms in total. The summed E-state index contributed by atoms with van der Waals surface area (Å²) >= 11 is 6.75. The summed E-state index contributed by atoms with van der Waals surface area (Å²) < 4.78 is 19.5. The number of halogens is 2. The molecular formula is C10H16Br2O6P2. The lowest BCUT2D eigenvalue weighted by Gasteiger charge is -2.08. The van der Waals surface area contributed by atoms with Gasteiger partial charge in [-0.2, -0.15) is 0 Å². The molecule has 0 heterocycles. The van der Waals surface area contributed by atoms with Crippen molar-refractivity contribution < 1.29 is 28.7 Å². The summed E-state index contributed by atoms with van der Waals surface area (Å²) in [7, 11) is -7.03. The maximum atomic E-state index is 10.8. The molecule has 0 aliphatic heterocycles. The monoisotopic (exact) mass is 452 g/mol. The molecule has 0 aliphatic rings. The van der Waals surface area contributed by atoms with Crippen molar-refractivity contribution in [2.24, 2.45) is 0 Å². The maximum Gasteiger partial charge on any atom is 0.325 e. The predicted molar refractivity (Wildman–Crippen MR) is 85.8 cm³/mol. The molecule has 0 aliphatic carbocycles. The highest BCUT2D eigenvalue weighted by molar-refractivity contribution is 9.08. The third-order valence-corrected chi connectivity index (χ3v) is 4.21. The summed E-state index contributed by atoms with van der Waals surface area (Å²) in [6.07, 6.45) is 0.311. The quantitative estimate of drug-likeness (QED) is 0.402. The summed E-state index contributed by atoms with van der Waals surface area (Å²) in [6.45, 7) is 0. The number of alkyl halides is 2. The van der Waals surface area contributed by atoms with E-state index in [1.807, 2.05) is 12.1 Å². The van der Waals surface area contributed by atoms with Crippen LogP contribution < -0.4 is 0 Å². The molecule has 20 heavy (non-hydrogen) atoms. The minimum Gasteiger partial charge on any atom is -0.326 e. The molecule has 1 aromatic carbocycles. The normalized spacial score (nSPS) is 11.2. The highest BCUT2D eigenvalue weighted by atomic mass is 79.9. The first-order chi connectivity index (χ1) is 9.17. The first-order valence-electron chi connectivity index (χ1n) is 5.38. The van der Waals surface area contributed by atoms with Gasteiger partial charge in [-0.15, -0.1) is 0 Å². The SMILES string of the molecule is O=P(O)(O)CCc1cc(CBr)cc(CBr)c1.O=[PH](O)O. The number of rotatable bonds is 5. The lowest BCUT2D eigenvalue weighted by atomic mass is 10.1. The van der Waals surface area contributed by atoms with Crippen LogP contribution >= 0.6 is 47.7 Å². The molecule has 0 bridgehead atoms. The molecule has 0 atom stereocenters. The topological polar surface area (TPSA) is 115 Å². The lowest BCUT2D eigenvalue weighted by Crippen LogP contribution is -1.96. The molecule has 0 amide bonds. The molecule has 116 valence electrons. The Balaban J connectivity index is 0.000000796. The molecule has 0 radical (unpaired) electrons. The Morgan fingerprint density at radius 3 is 1.65 bits per heavy atom. The standard InChI is InChI=1S/C10H13Br2O3P.H3O3P/c11-6-9-3-8(1-2-16(13,14)15)4-10(5-9)7-12;1-4(2)3/h3-5H,1-2,6-7H2,(H2,13,14,15);4H,(H2,1,2,3). The van der Waals surface area contributed by atoms with Gasteiger partial charge in [0.15, 0.2) is 0 Å². The van der Waals surface area contributed by atoms with Gasteiger partial charge >= 0.3 is 15.9 Å². The van der Waals surface area contributed by atoms with E-state index in [0.29, 0.717) is 6.42 Å². The van der Waals surface area contributed by atoms with Gasteiger partial charge in [-0.25, -0.2) is 0 Å². The maximum absolute atomic E-state index is 10.8. The minimum absolute atomic E-state index is 0.0968. The zero-order chi connectivity index (χ0) is 15.8. The highest BCUT2D eigenvalue weighted by Crippen LogP contribution is 2.35. The van der Waals surface area contributed by atoms with Crippen LogP contribution in [-0.4, -0.2) is 25.7 Å². The summed E-state index contributed by atoms with van der Waals surface area (Å²) in [6, 6.07) is 6.00. The van der Waals surface area contributed by atoms with Gasteiger partial charge in [0.25, 0.3) is 0 Å². The Morgan fingerprint density at radius 1 is 1.00 bits per heavy atom. The van der Waals surface area contributed by atoms with Crippen molar-refractivity contribution >= 4 is 47.7 Å². The van der Waals surface area contributed by atoms with E-state index in [-0.39, 0.29) is 6.16 Å². The van der Waals surface area contributed by atoms with Gasteiger partial charge in [-0.1, -0.05) is 50.1 Å². The van der Waals surface area contributed by atoms with Crippen LogP contribution in [-0.2, 0) is 26.2 Å². The van der Waals surface area contributed by atoms with Crippen molar-refractivity contribution in [3.05, 3.63) is 34.9 Å². The van der Waals surface area contributed by atoms with Gasteiger partial charge < -0.3 is 19.6 Å². The van der Waals surface area contributed by atoms with Gasteiger partial charge in [0.1, 0.15) is 0 Å². The van der Waals surface area contributed by atoms with E-state index in [0.717, 1.165) is 27.4 Å². The lowest BCUT2D eigenvalue weighted by molar-refractivity contribution is 0.373. The molecule has 0 aromatic heterocycles. The molecule has 1 rings (SSSR count). The zero-order valence-electron chi connectivity index (χ0n) is 10.4. The van der Waals surface area contributed by atoms with Gasteiger partial charge in [0, 0.05) is 10.7 Å². The summed E-state index contributed by atoms with van der Waals surface area (Å²) in [5.74, 6) is 0. The van der Waals surface area contributed by atoms with Crippen LogP contribution in [0.15, 0.2) is 18.2 Å². The van der Waals surface area contributed by atoms with Crippen molar-refractivity contribution in [3.63, 3.8) is 0 Å².